The summed E-state index contributed by atoms with van der Waals surface area (Å²) in [6, 6.07) is 3.58. The van der Waals surface area contributed by atoms with Crippen molar-refractivity contribution in [2.45, 2.75) is 19.4 Å². The van der Waals surface area contributed by atoms with Gasteiger partial charge in [0.15, 0.2) is 6.10 Å². The van der Waals surface area contributed by atoms with Crippen molar-refractivity contribution >= 4 is 39.8 Å². The van der Waals surface area contributed by atoms with Gasteiger partial charge in [-0.1, -0.05) is 5.16 Å². The number of aliphatic imine (C=N–C) groups is 1. The first-order valence-electron chi connectivity index (χ1n) is 8.86. The van der Waals surface area contributed by atoms with E-state index >= 15 is 0 Å². The van der Waals surface area contributed by atoms with Crippen LogP contribution in [-0.2, 0) is 4.84 Å². The third-order valence-corrected chi connectivity index (χ3v) is 4.10. The molecule has 1 unspecified atom stereocenters. The molecule has 10 nitrogen and oxygen atoms in total. The number of oxime groups is 1. The third-order valence-electron chi connectivity index (χ3n) is 4.10. The Balaban J connectivity index is 1.58. The monoisotopic (exact) mass is 394 g/mol. The first-order chi connectivity index (χ1) is 14.0. The van der Waals surface area contributed by atoms with Gasteiger partial charge in [-0.25, -0.2) is 9.98 Å². The highest BCUT2D eigenvalue weighted by molar-refractivity contribution is 6.07. The Morgan fingerprint density at radius 1 is 1.41 bits per heavy atom. The van der Waals surface area contributed by atoms with E-state index in [4.69, 9.17) is 26.1 Å². The van der Waals surface area contributed by atoms with Crippen molar-refractivity contribution in [2.24, 2.45) is 15.9 Å². The number of rotatable bonds is 7. The van der Waals surface area contributed by atoms with Crippen LogP contribution >= 0.6 is 0 Å². The maximum atomic E-state index is 7.96. The maximum Gasteiger partial charge on any atom is 0.173 e. The minimum absolute atomic E-state index is 0.0628. The molecule has 0 fully saturated rings. The van der Waals surface area contributed by atoms with E-state index < -0.39 is 6.10 Å². The fourth-order valence-corrected chi connectivity index (χ4v) is 2.62. The van der Waals surface area contributed by atoms with E-state index in [1.165, 1.54) is 12.2 Å². The number of hydrogen-bond donors (Lipinski definition) is 4. The number of nitrogens with zero attached hydrogens (tertiary/aromatic N) is 4. The topological polar surface area (TPSA) is 155 Å². The fourth-order valence-electron chi connectivity index (χ4n) is 2.62. The quantitative estimate of drug-likeness (QED) is 0.416. The average Bonchev–Trinajstić information content (AvgIpc) is 3.16. The summed E-state index contributed by atoms with van der Waals surface area (Å²) in [6.07, 6.45) is 6.31. The average molecular weight is 394 g/mol. The van der Waals surface area contributed by atoms with Crippen molar-refractivity contribution in [1.29, 1.82) is 10.8 Å². The number of amidine groups is 2. The number of fused-ring (bicyclic) bond motifs is 1. The molecule has 2 aromatic rings. The molecule has 3 heterocycles. The summed E-state index contributed by atoms with van der Waals surface area (Å²) in [4.78, 5) is 17.8. The van der Waals surface area contributed by atoms with Crippen LogP contribution in [0.3, 0.4) is 0 Å². The van der Waals surface area contributed by atoms with Gasteiger partial charge in [-0.15, -0.1) is 0 Å². The van der Waals surface area contributed by atoms with Crippen molar-refractivity contribution in [3.05, 3.63) is 36.7 Å². The molecule has 0 bridgehead atoms. The number of nitrogens with two attached hydrogens (primary N) is 1. The van der Waals surface area contributed by atoms with Crippen molar-refractivity contribution in [2.75, 3.05) is 19.0 Å². The molecule has 0 amide bonds. The standard InChI is InChI=1S/C19H22N8O2/c1-11-7-16(29-27-11)13(20)3-4-17(21)26-18(22)10-24-14-5-6-23-15-8-12(28-2)9-25-19(14)15/h3-6,8-9,16,20H,7,10H2,1-2H3,(H,23,24)(H3,21,22,26)/b4-3-,20-13?. The highest BCUT2D eigenvalue weighted by Crippen LogP contribution is 2.22. The normalized spacial score (nSPS) is 16.6. The Kier molecular flexibility index (Phi) is 6.12. The third kappa shape index (κ3) is 5.12. The molecule has 5 N–H and O–H groups in total. The second-order valence-electron chi connectivity index (χ2n) is 6.36. The summed E-state index contributed by atoms with van der Waals surface area (Å²) < 4.78 is 5.16. The molecule has 0 spiro atoms. The minimum Gasteiger partial charge on any atom is -0.495 e. The van der Waals surface area contributed by atoms with Crippen molar-refractivity contribution in [3.63, 3.8) is 0 Å². The van der Waals surface area contributed by atoms with E-state index in [0.29, 0.717) is 23.2 Å². The highest BCUT2D eigenvalue weighted by atomic mass is 16.6. The second-order valence-corrected chi connectivity index (χ2v) is 6.36. The van der Waals surface area contributed by atoms with Crippen LogP contribution in [0.25, 0.3) is 11.0 Å². The lowest BCUT2D eigenvalue weighted by Crippen LogP contribution is -2.24. The first kappa shape index (κ1) is 19.9. The Labute approximate surface area is 167 Å². The van der Waals surface area contributed by atoms with Gasteiger partial charge in [0, 0.05) is 18.7 Å². The molecular formula is C19H22N8O2. The van der Waals surface area contributed by atoms with Gasteiger partial charge in [0.1, 0.15) is 22.9 Å². The van der Waals surface area contributed by atoms with E-state index in [1.54, 1.807) is 31.6 Å². The van der Waals surface area contributed by atoms with Crippen LogP contribution in [-0.4, -0.2) is 52.8 Å². The summed E-state index contributed by atoms with van der Waals surface area (Å²) in [5.41, 5.74) is 9.10. The number of anilines is 1. The van der Waals surface area contributed by atoms with Crippen LogP contribution in [0.2, 0.25) is 0 Å². The lowest BCUT2D eigenvalue weighted by molar-refractivity contribution is 0.133. The van der Waals surface area contributed by atoms with Gasteiger partial charge in [0.05, 0.1) is 42.5 Å². The zero-order valence-electron chi connectivity index (χ0n) is 16.1. The van der Waals surface area contributed by atoms with Crippen molar-refractivity contribution in [1.82, 2.24) is 9.97 Å². The number of ether oxygens (including phenoxy) is 1. The summed E-state index contributed by atoms with van der Waals surface area (Å²) >= 11 is 0. The number of methoxy groups -OCH3 is 1. The zero-order valence-corrected chi connectivity index (χ0v) is 16.1. The number of aromatic nitrogens is 2. The molecule has 150 valence electrons. The van der Waals surface area contributed by atoms with E-state index in [-0.39, 0.29) is 23.9 Å². The largest absolute Gasteiger partial charge is 0.495 e. The van der Waals surface area contributed by atoms with Gasteiger partial charge >= 0.3 is 0 Å². The molecule has 10 heteroatoms. The zero-order chi connectivity index (χ0) is 20.8. The fraction of sp³-hybridized carbons (Fsp3) is 0.263. The predicted octanol–water partition coefficient (Wildman–Crippen LogP) is 2.13. The molecule has 0 radical (unpaired) electrons. The van der Waals surface area contributed by atoms with Crippen LogP contribution in [0, 0.1) is 10.8 Å². The molecule has 1 atom stereocenters. The highest BCUT2D eigenvalue weighted by Gasteiger charge is 2.21. The number of hydrogen-bond acceptors (Lipinski definition) is 8. The van der Waals surface area contributed by atoms with Crippen LogP contribution in [0.1, 0.15) is 13.3 Å². The predicted molar refractivity (Wildman–Crippen MR) is 113 cm³/mol. The Morgan fingerprint density at radius 2 is 2.24 bits per heavy atom. The van der Waals surface area contributed by atoms with Crippen LogP contribution in [0.5, 0.6) is 5.75 Å². The summed E-state index contributed by atoms with van der Waals surface area (Å²) in [6.45, 7) is 2.06. The minimum atomic E-state index is -0.409. The second kappa shape index (κ2) is 8.91. The summed E-state index contributed by atoms with van der Waals surface area (Å²) in [5, 5.41) is 22.8. The smallest absolute Gasteiger partial charge is 0.173 e. The van der Waals surface area contributed by atoms with Gasteiger partial charge in [0.2, 0.25) is 0 Å². The first-order valence-corrected chi connectivity index (χ1v) is 8.86. The molecule has 0 saturated carbocycles. The van der Waals surface area contributed by atoms with Crippen LogP contribution < -0.4 is 15.8 Å². The molecule has 0 aromatic carbocycles. The molecule has 2 aromatic heterocycles. The van der Waals surface area contributed by atoms with Crippen molar-refractivity contribution in [3.8, 4) is 5.75 Å². The Hall–Kier alpha value is -3.82. The van der Waals surface area contributed by atoms with Crippen LogP contribution in [0.4, 0.5) is 5.69 Å². The maximum absolute atomic E-state index is 7.96. The lowest BCUT2D eigenvalue weighted by Gasteiger charge is -2.09. The van der Waals surface area contributed by atoms with E-state index in [9.17, 15) is 0 Å². The molecule has 0 saturated heterocycles. The van der Waals surface area contributed by atoms with Gasteiger partial charge in [-0.2, -0.15) is 0 Å². The van der Waals surface area contributed by atoms with Gasteiger partial charge in [-0.05, 0) is 25.1 Å². The van der Waals surface area contributed by atoms with E-state index in [2.05, 4.69) is 25.4 Å². The lowest BCUT2D eigenvalue weighted by atomic mass is 10.1. The molecular weight excluding hydrogens is 372 g/mol. The molecule has 1 aliphatic heterocycles. The van der Waals surface area contributed by atoms with E-state index in [0.717, 1.165) is 11.4 Å². The molecule has 3 rings (SSSR count). The van der Waals surface area contributed by atoms with Gasteiger partial charge in [-0.3, -0.25) is 10.4 Å². The summed E-state index contributed by atoms with van der Waals surface area (Å²) in [7, 11) is 1.57. The molecule has 0 aliphatic carbocycles. The number of nitrogens with one attached hydrogen (secondary N) is 3. The SMILES string of the molecule is COc1cnc2c(NCC(N)=NC(=N)/C=C\C(=N)C3CC(C)=NO3)ccnc2c1. The number of pyridine rings is 2. The van der Waals surface area contributed by atoms with Crippen molar-refractivity contribution < 1.29 is 9.57 Å². The van der Waals surface area contributed by atoms with Gasteiger partial charge < -0.3 is 26.0 Å². The molecule has 1 aliphatic rings. The molecule has 29 heavy (non-hydrogen) atoms. The Morgan fingerprint density at radius 3 is 2.97 bits per heavy atom. The Bertz CT molecular complexity index is 1030. The van der Waals surface area contributed by atoms with Crippen LogP contribution in [0.15, 0.2) is 46.8 Å². The summed E-state index contributed by atoms with van der Waals surface area (Å²) in [5.74, 6) is 0.784. The van der Waals surface area contributed by atoms with E-state index in [1.807, 2.05) is 6.92 Å². The van der Waals surface area contributed by atoms with Gasteiger partial charge in [0.25, 0.3) is 0 Å².